The Balaban J connectivity index is 1.44. The predicted molar refractivity (Wildman–Crippen MR) is 95.5 cm³/mol. The first kappa shape index (κ1) is 22.0. The molecule has 30 heavy (non-hydrogen) atoms. The lowest BCUT2D eigenvalue weighted by Gasteiger charge is -2.48. The Bertz CT molecular complexity index is 686. The molecule has 3 heterocycles. The molecule has 11 heteroatoms. The van der Waals surface area contributed by atoms with Gasteiger partial charge in [-0.3, -0.25) is 0 Å². The second-order valence-electron chi connectivity index (χ2n) is 7.53. The fourth-order valence-electron chi connectivity index (χ4n) is 3.86. The van der Waals surface area contributed by atoms with E-state index in [-0.39, 0.29) is 6.61 Å². The van der Waals surface area contributed by atoms with Crippen molar-refractivity contribution in [3.05, 3.63) is 35.9 Å². The fraction of sp³-hybridized carbons (Fsp3) is 0.684. The van der Waals surface area contributed by atoms with Crippen LogP contribution in [0.3, 0.4) is 0 Å². The molecule has 1 aromatic carbocycles. The zero-order valence-electron chi connectivity index (χ0n) is 15.9. The van der Waals surface area contributed by atoms with E-state index >= 15 is 0 Å². The third kappa shape index (κ3) is 4.11. The van der Waals surface area contributed by atoms with Gasteiger partial charge in [-0.2, -0.15) is 0 Å². The second kappa shape index (κ2) is 9.10. The molecule has 0 amide bonds. The van der Waals surface area contributed by atoms with E-state index in [0.29, 0.717) is 0 Å². The van der Waals surface area contributed by atoms with Gasteiger partial charge in [0.25, 0.3) is 0 Å². The maximum absolute atomic E-state index is 10.6. The average molecular weight is 430 g/mol. The van der Waals surface area contributed by atoms with Crippen molar-refractivity contribution in [2.75, 3.05) is 13.2 Å². The van der Waals surface area contributed by atoms with Gasteiger partial charge in [-0.25, -0.2) is 0 Å². The molecule has 3 fully saturated rings. The number of fused-ring (bicyclic) bond motifs is 1. The van der Waals surface area contributed by atoms with Gasteiger partial charge in [0.15, 0.2) is 18.9 Å². The van der Waals surface area contributed by atoms with Gasteiger partial charge in [0.05, 0.1) is 13.2 Å². The Morgan fingerprint density at radius 2 is 1.60 bits per heavy atom. The third-order valence-electron chi connectivity index (χ3n) is 5.54. The summed E-state index contributed by atoms with van der Waals surface area (Å²) in [7, 11) is 0. The summed E-state index contributed by atoms with van der Waals surface area (Å²) >= 11 is 0. The monoisotopic (exact) mass is 430 g/mol. The molecule has 168 valence electrons. The summed E-state index contributed by atoms with van der Waals surface area (Å²) in [6.07, 6.45) is -14.3. The zero-order chi connectivity index (χ0) is 21.4. The van der Waals surface area contributed by atoms with Crippen LogP contribution in [-0.4, -0.2) is 105 Å². The standard InChI is InChI=1S/C19H26O11/c20-6-9-15(11(21)13(23)17(25)27-9)30-19-14(24)12(22)16-10(28-19)7-26-18(29-16)8-4-2-1-3-5-8/h1-5,9-25H,6-7H2/t9-,10?,11?,12?,13?,14-,15+,16-,17+,18?,19-/m0/s1. The molecule has 5 unspecified atom stereocenters. The number of ether oxygens (including phenoxy) is 5. The summed E-state index contributed by atoms with van der Waals surface area (Å²) in [5.74, 6) is 0. The normalized spacial score (nSPS) is 46.9. The molecule has 3 saturated heterocycles. The molecule has 11 nitrogen and oxygen atoms in total. The van der Waals surface area contributed by atoms with Gasteiger partial charge in [-0.15, -0.1) is 0 Å². The van der Waals surface area contributed by atoms with E-state index in [1.165, 1.54) is 0 Å². The Morgan fingerprint density at radius 3 is 2.30 bits per heavy atom. The van der Waals surface area contributed by atoms with Gasteiger partial charge in [0.2, 0.25) is 0 Å². The average Bonchev–Trinajstić information content (AvgIpc) is 2.77. The lowest BCUT2D eigenvalue weighted by Crippen LogP contribution is -2.65. The molecule has 0 aromatic heterocycles. The van der Waals surface area contributed by atoms with Crippen molar-refractivity contribution in [1.82, 2.24) is 0 Å². The predicted octanol–water partition coefficient (Wildman–Crippen LogP) is -2.64. The van der Waals surface area contributed by atoms with Crippen LogP contribution in [0.4, 0.5) is 0 Å². The molecule has 11 atom stereocenters. The quantitative estimate of drug-likeness (QED) is 0.295. The summed E-state index contributed by atoms with van der Waals surface area (Å²) in [4.78, 5) is 0. The maximum atomic E-state index is 10.6. The first-order chi connectivity index (χ1) is 14.4. The molecule has 6 N–H and O–H groups in total. The van der Waals surface area contributed by atoms with Crippen LogP contribution in [0.2, 0.25) is 0 Å². The van der Waals surface area contributed by atoms with E-state index in [0.717, 1.165) is 5.56 Å². The summed E-state index contributed by atoms with van der Waals surface area (Å²) in [5.41, 5.74) is 0.747. The number of hydrogen-bond acceptors (Lipinski definition) is 11. The Labute approximate surface area is 171 Å². The number of rotatable bonds is 4. The largest absolute Gasteiger partial charge is 0.394 e. The minimum Gasteiger partial charge on any atom is -0.394 e. The van der Waals surface area contributed by atoms with Gasteiger partial charge < -0.3 is 54.3 Å². The molecule has 3 aliphatic rings. The lowest BCUT2D eigenvalue weighted by molar-refractivity contribution is -0.384. The smallest absolute Gasteiger partial charge is 0.187 e. The molecule has 0 aliphatic carbocycles. The van der Waals surface area contributed by atoms with Gasteiger partial charge in [-0.05, 0) is 0 Å². The van der Waals surface area contributed by atoms with Crippen molar-refractivity contribution >= 4 is 0 Å². The molecule has 4 rings (SSSR count). The lowest BCUT2D eigenvalue weighted by atomic mass is 9.96. The van der Waals surface area contributed by atoms with Crippen LogP contribution < -0.4 is 0 Å². The molecular weight excluding hydrogens is 404 g/mol. The van der Waals surface area contributed by atoms with E-state index in [1.54, 1.807) is 0 Å². The number of aliphatic hydroxyl groups is 6. The topological polar surface area (TPSA) is 168 Å². The van der Waals surface area contributed by atoms with Crippen LogP contribution in [-0.2, 0) is 23.7 Å². The SMILES string of the molecule is OC[C@@H]1O[C@@H](O)C(O)C(O)[C@@H]1O[C@@H]1OC2COC(c3ccccc3)O[C@@H]2C(O)[C@@H]1O. The van der Waals surface area contributed by atoms with Crippen LogP contribution >= 0.6 is 0 Å². The Kier molecular flexibility index (Phi) is 6.67. The first-order valence-electron chi connectivity index (χ1n) is 9.70. The Morgan fingerprint density at radius 1 is 0.867 bits per heavy atom. The van der Waals surface area contributed by atoms with Crippen LogP contribution in [0, 0.1) is 0 Å². The van der Waals surface area contributed by atoms with E-state index in [4.69, 9.17) is 23.7 Å². The van der Waals surface area contributed by atoms with Gasteiger partial charge >= 0.3 is 0 Å². The van der Waals surface area contributed by atoms with Gasteiger partial charge in [-0.1, -0.05) is 30.3 Å². The second-order valence-corrected chi connectivity index (χ2v) is 7.53. The highest BCUT2D eigenvalue weighted by Crippen LogP contribution is 2.35. The minimum atomic E-state index is -1.71. The molecule has 0 saturated carbocycles. The first-order valence-corrected chi connectivity index (χ1v) is 9.70. The van der Waals surface area contributed by atoms with Crippen molar-refractivity contribution in [1.29, 1.82) is 0 Å². The highest BCUT2D eigenvalue weighted by molar-refractivity contribution is 5.16. The molecule has 3 aliphatic heterocycles. The molecule has 1 aromatic rings. The summed E-state index contributed by atoms with van der Waals surface area (Å²) in [6.45, 7) is -0.587. The molecule has 0 radical (unpaired) electrons. The third-order valence-corrected chi connectivity index (χ3v) is 5.54. The Hall–Kier alpha value is -1.22. The van der Waals surface area contributed by atoms with E-state index in [2.05, 4.69) is 0 Å². The van der Waals surface area contributed by atoms with E-state index in [9.17, 15) is 30.6 Å². The number of aliphatic hydroxyl groups excluding tert-OH is 6. The molecular formula is C19H26O11. The van der Waals surface area contributed by atoms with Gasteiger partial charge in [0.1, 0.15) is 48.8 Å². The van der Waals surface area contributed by atoms with Gasteiger partial charge in [0, 0.05) is 5.56 Å². The highest BCUT2D eigenvalue weighted by atomic mass is 16.8. The maximum Gasteiger partial charge on any atom is 0.187 e. The van der Waals surface area contributed by atoms with Crippen molar-refractivity contribution < 1.29 is 54.3 Å². The molecule has 0 bridgehead atoms. The van der Waals surface area contributed by atoms with Crippen LogP contribution in [0.5, 0.6) is 0 Å². The number of benzene rings is 1. The summed E-state index contributed by atoms with van der Waals surface area (Å²) in [6, 6.07) is 9.10. The highest BCUT2D eigenvalue weighted by Gasteiger charge is 2.52. The fourth-order valence-corrected chi connectivity index (χ4v) is 3.86. The summed E-state index contributed by atoms with van der Waals surface area (Å²) < 4.78 is 27.7. The van der Waals surface area contributed by atoms with Crippen molar-refractivity contribution in [2.24, 2.45) is 0 Å². The van der Waals surface area contributed by atoms with Crippen LogP contribution in [0.25, 0.3) is 0 Å². The van der Waals surface area contributed by atoms with Crippen molar-refractivity contribution in [2.45, 2.75) is 67.7 Å². The minimum absolute atomic E-state index is 0.0440. The van der Waals surface area contributed by atoms with E-state index in [1.807, 2.05) is 30.3 Å². The van der Waals surface area contributed by atoms with Crippen LogP contribution in [0.15, 0.2) is 30.3 Å². The van der Waals surface area contributed by atoms with Crippen LogP contribution in [0.1, 0.15) is 11.9 Å². The summed E-state index contributed by atoms with van der Waals surface area (Å²) in [5, 5.41) is 60.2. The number of hydrogen-bond donors (Lipinski definition) is 6. The van der Waals surface area contributed by atoms with Crippen molar-refractivity contribution in [3.8, 4) is 0 Å². The molecule has 0 spiro atoms. The van der Waals surface area contributed by atoms with E-state index < -0.39 is 74.3 Å². The van der Waals surface area contributed by atoms with Crippen molar-refractivity contribution in [3.63, 3.8) is 0 Å². The zero-order valence-corrected chi connectivity index (χ0v) is 15.9.